The monoisotopic (exact) mass is 266 g/mol. The molecular formula is C18H22N2. The molecule has 0 radical (unpaired) electrons. The molecule has 2 heteroatoms. The molecule has 104 valence electrons. The number of aromatic nitrogens is 1. The fourth-order valence-electron chi connectivity index (χ4n) is 3.09. The van der Waals surface area contributed by atoms with Crippen LogP contribution in [0.5, 0.6) is 0 Å². The Morgan fingerprint density at radius 1 is 0.950 bits per heavy atom. The maximum atomic E-state index is 4.66. The minimum atomic E-state index is 0.700. The third kappa shape index (κ3) is 3.01. The molecule has 1 saturated heterocycles. The van der Waals surface area contributed by atoms with E-state index in [1.807, 2.05) is 0 Å². The van der Waals surface area contributed by atoms with Gasteiger partial charge in [-0.2, -0.15) is 0 Å². The van der Waals surface area contributed by atoms with E-state index in [2.05, 4.69) is 65.3 Å². The van der Waals surface area contributed by atoms with Gasteiger partial charge >= 0.3 is 0 Å². The second-order valence-corrected chi connectivity index (χ2v) is 5.66. The van der Waals surface area contributed by atoms with Crippen molar-refractivity contribution in [2.45, 2.75) is 32.1 Å². The van der Waals surface area contributed by atoms with E-state index in [4.69, 9.17) is 0 Å². The second-order valence-electron chi connectivity index (χ2n) is 5.66. The van der Waals surface area contributed by atoms with E-state index in [1.54, 1.807) is 0 Å². The minimum absolute atomic E-state index is 0.700. The summed E-state index contributed by atoms with van der Waals surface area (Å²) in [5.41, 5.74) is 2.60. The molecule has 3 rings (SSSR count). The third-order valence-electron chi connectivity index (χ3n) is 4.20. The average Bonchev–Trinajstić information content (AvgIpc) is 2.74. The van der Waals surface area contributed by atoms with E-state index in [9.17, 15) is 0 Å². The van der Waals surface area contributed by atoms with Crippen molar-refractivity contribution in [1.29, 1.82) is 0 Å². The number of aryl methyl sites for hydroxylation is 1. The number of nitrogens with zero attached hydrogens (tertiary/aromatic N) is 2. The molecule has 0 spiro atoms. The van der Waals surface area contributed by atoms with Gasteiger partial charge in [-0.3, -0.25) is 0 Å². The Bertz CT molecular complexity index is 550. The summed E-state index contributed by atoms with van der Waals surface area (Å²) in [4.78, 5) is 7.10. The highest BCUT2D eigenvalue weighted by molar-refractivity contribution is 5.39. The van der Waals surface area contributed by atoms with Gasteiger partial charge in [-0.1, -0.05) is 36.4 Å². The molecule has 0 amide bonds. The van der Waals surface area contributed by atoms with Gasteiger partial charge in [0.2, 0.25) is 0 Å². The fraction of sp³-hybridized carbons (Fsp3) is 0.389. The SMILES string of the molecule is Cc1cccc(N2CCCC(c3ccccc3)CC2)n1. The predicted molar refractivity (Wildman–Crippen MR) is 84.2 cm³/mol. The summed E-state index contributed by atoms with van der Waals surface area (Å²) in [5.74, 6) is 1.84. The number of anilines is 1. The minimum Gasteiger partial charge on any atom is -0.357 e. The molecule has 20 heavy (non-hydrogen) atoms. The molecule has 2 aromatic rings. The quantitative estimate of drug-likeness (QED) is 0.811. The molecule has 1 fully saturated rings. The van der Waals surface area contributed by atoms with Crippen molar-refractivity contribution < 1.29 is 0 Å². The topological polar surface area (TPSA) is 16.1 Å². The van der Waals surface area contributed by atoms with E-state index in [1.165, 1.54) is 24.8 Å². The standard InChI is InChI=1S/C18H22N2/c1-15-7-5-11-18(19-15)20-13-6-10-17(12-14-20)16-8-3-2-4-9-16/h2-5,7-9,11,17H,6,10,12-14H2,1H3. The third-order valence-corrected chi connectivity index (χ3v) is 4.20. The zero-order chi connectivity index (χ0) is 13.8. The molecule has 0 bridgehead atoms. The molecule has 0 N–H and O–H groups in total. The van der Waals surface area contributed by atoms with Gasteiger partial charge in [-0.25, -0.2) is 4.98 Å². The van der Waals surface area contributed by atoms with Crippen molar-refractivity contribution in [1.82, 2.24) is 4.98 Å². The van der Waals surface area contributed by atoms with Crippen LogP contribution < -0.4 is 4.90 Å². The van der Waals surface area contributed by atoms with Gasteiger partial charge in [-0.05, 0) is 49.8 Å². The van der Waals surface area contributed by atoms with Crippen LogP contribution in [-0.4, -0.2) is 18.1 Å². The van der Waals surface area contributed by atoms with E-state index in [0.717, 1.165) is 24.6 Å². The van der Waals surface area contributed by atoms with Crippen LogP contribution in [0.2, 0.25) is 0 Å². The van der Waals surface area contributed by atoms with Crippen LogP contribution in [0, 0.1) is 6.92 Å². The van der Waals surface area contributed by atoms with Crippen LogP contribution in [0.25, 0.3) is 0 Å². The van der Waals surface area contributed by atoms with Gasteiger partial charge in [0.25, 0.3) is 0 Å². The van der Waals surface area contributed by atoms with Crippen molar-refractivity contribution in [3.8, 4) is 0 Å². The summed E-state index contributed by atoms with van der Waals surface area (Å²) >= 11 is 0. The van der Waals surface area contributed by atoms with Gasteiger partial charge in [0.15, 0.2) is 0 Å². The summed E-state index contributed by atoms with van der Waals surface area (Å²) in [6, 6.07) is 17.3. The Morgan fingerprint density at radius 2 is 1.80 bits per heavy atom. The number of hydrogen-bond donors (Lipinski definition) is 0. The normalized spacial score (nSPS) is 19.6. The fourth-order valence-corrected chi connectivity index (χ4v) is 3.09. The average molecular weight is 266 g/mol. The largest absolute Gasteiger partial charge is 0.357 e. The molecule has 0 aliphatic carbocycles. The maximum Gasteiger partial charge on any atom is 0.128 e. The maximum absolute atomic E-state index is 4.66. The first-order valence-corrected chi connectivity index (χ1v) is 7.56. The highest BCUT2D eigenvalue weighted by Crippen LogP contribution is 2.29. The van der Waals surface area contributed by atoms with Crippen LogP contribution in [0.4, 0.5) is 5.82 Å². The summed E-state index contributed by atoms with van der Waals surface area (Å²) in [6.07, 6.45) is 3.75. The Labute approximate surface area is 121 Å². The van der Waals surface area contributed by atoms with Crippen molar-refractivity contribution in [2.24, 2.45) is 0 Å². The number of hydrogen-bond acceptors (Lipinski definition) is 2. The predicted octanol–water partition coefficient (Wildman–Crippen LogP) is 4.16. The number of pyridine rings is 1. The lowest BCUT2D eigenvalue weighted by Gasteiger charge is -2.22. The van der Waals surface area contributed by atoms with Crippen molar-refractivity contribution in [3.63, 3.8) is 0 Å². The highest BCUT2D eigenvalue weighted by Gasteiger charge is 2.19. The Balaban J connectivity index is 1.71. The van der Waals surface area contributed by atoms with Gasteiger partial charge in [-0.15, -0.1) is 0 Å². The molecule has 1 aromatic carbocycles. The molecule has 2 heterocycles. The summed E-state index contributed by atoms with van der Waals surface area (Å²) < 4.78 is 0. The van der Waals surface area contributed by atoms with E-state index in [0.29, 0.717) is 5.92 Å². The van der Waals surface area contributed by atoms with Crippen molar-refractivity contribution in [3.05, 3.63) is 59.8 Å². The lowest BCUT2D eigenvalue weighted by Crippen LogP contribution is -2.25. The summed E-state index contributed by atoms with van der Waals surface area (Å²) in [7, 11) is 0. The Hall–Kier alpha value is -1.83. The lowest BCUT2D eigenvalue weighted by molar-refractivity contribution is 0.612. The summed E-state index contributed by atoms with van der Waals surface area (Å²) in [5, 5.41) is 0. The first kappa shape index (κ1) is 13.2. The Morgan fingerprint density at radius 3 is 2.60 bits per heavy atom. The molecule has 2 nitrogen and oxygen atoms in total. The molecule has 0 saturated carbocycles. The zero-order valence-corrected chi connectivity index (χ0v) is 12.1. The molecule has 1 aliphatic rings. The molecule has 1 atom stereocenters. The lowest BCUT2D eigenvalue weighted by atomic mass is 9.92. The van der Waals surface area contributed by atoms with Gasteiger partial charge in [0.05, 0.1) is 0 Å². The summed E-state index contributed by atoms with van der Waals surface area (Å²) in [6.45, 7) is 4.30. The first-order chi connectivity index (χ1) is 9.83. The van der Waals surface area contributed by atoms with Crippen LogP contribution in [-0.2, 0) is 0 Å². The van der Waals surface area contributed by atoms with E-state index >= 15 is 0 Å². The van der Waals surface area contributed by atoms with E-state index < -0.39 is 0 Å². The molecule has 1 aromatic heterocycles. The van der Waals surface area contributed by atoms with Crippen LogP contribution >= 0.6 is 0 Å². The highest BCUT2D eigenvalue weighted by atomic mass is 15.2. The van der Waals surface area contributed by atoms with Crippen LogP contribution in [0.3, 0.4) is 0 Å². The van der Waals surface area contributed by atoms with Gasteiger partial charge in [0.1, 0.15) is 5.82 Å². The second kappa shape index (κ2) is 6.08. The molecule has 1 unspecified atom stereocenters. The van der Waals surface area contributed by atoms with Crippen LogP contribution in [0.15, 0.2) is 48.5 Å². The van der Waals surface area contributed by atoms with E-state index in [-0.39, 0.29) is 0 Å². The molecular weight excluding hydrogens is 244 g/mol. The number of rotatable bonds is 2. The zero-order valence-electron chi connectivity index (χ0n) is 12.1. The van der Waals surface area contributed by atoms with Crippen molar-refractivity contribution >= 4 is 5.82 Å². The number of benzene rings is 1. The van der Waals surface area contributed by atoms with Gasteiger partial charge in [0, 0.05) is 18.8 Å². The van der Waals surface area contributed by atoms with Crippen LogP contribution in [0.1, 0.15) is 36.4 Å². The van der Waals surface area contributed by atoms with Crippen molar-refractivity contribution in [2.75, 3.05) is 18.0 Å². The smallest absolute Gasteiger partial charge is 0.128 e. The first-order valence-electron chi connectivity index (χ1n) is 7.56. The Kier molecular flexibility index (Phi) is 4.00. The molecule has 1 aliphatic heterocycles. The van der Waals surface area contributed by atoms with Gasteiger partial charge < -0.3 is 4.90 Å².